The van der Waals surface area contributed by atoms with Crippen molar-refractivity contribution in [1.29, 1.82) is 0 Å². The number of methoxy groups -OCH3 is 1. The van der Waals surface area contributed by atoms with E-state index in [4.69, 9.17) is 4.74 Å². The molecule has 1 aliphatic heterocycles. The Morgan fingerprint density at radius 3 is 2.47 bits per heavy atom. The molecule has 30 heavy (non-hydrogen) atoms. The van der Waals surface area contributed by atoms with Gasteiger partial charge in [-0.15, -0.1) is 11.3 Å². The fourth-order valence-electron chi connectivity index (χ4n) is 4.24. The third-order valence-corrected chi connectivity index (χ3v) is 7.13. The topological polar surface area (TPSA) is 61.9 Å². The van der Waals surface area contributed by atoms with Crippen molar-refractivity contribution in [2.45, 2.75) is 32.7 Å². The van der Waals surface area contributed by atoms with Gasteiger partial charge in [0, 0.05) is 37.6 Å². The van der Waals surface area contributed by atoms with E-state index in [0.717, 1.165) is 57.5 Å². The Morgan fingerprint density at radius 1 is 1.07 bits per heavy atom. The molecule has 1 saturated heterocycles. The molecule has 1 aromatic heterocycles. The number of anilines is 1. The van der Waals surface area contributed by atoms with Crippen LogP contribution in [0.4, 0.5) is 5.00 Å². The standard InChI is InChI=1S/C23H29N3O3S/c1-16-6-8-17(9-7-16)14-25-10-12-26(13-11-25)15-20(27)24-22-21(23(28)29-2)18-4-3-5-19(18)30-22/h6-9H,3-5,10-15H2,1-2H3,(H,24,27). The highest BCUT2D eigenvalue weighted by Gasteiger charge is 2.28. The number of hydrogen-bond donors (Lipinski definition) is 1. The quantitative estimate of drug-likeness (QED) is 0.718. The Kier molecular flexibility index (Phi) is 6.51. The summed E-state index contributed by atoms with van der Waals surface area (Å²) in [6.07, 6.45) is 2.92. The average molecular weight is 428 g/mol. The molecule has 160 valence electrons. The van der Waals surface area contributed by atoms with Crippen LogP contribution in [0.5, 0.6) is 0 Å². The van der Waals surface area contributed by atoms with Crippen LogP contribution in [0, 0.1) is 6.92 Å². The maximum Gasteiger partial charge on any atom is 0.341 e. The zero-order valence-electron chi connectivity index (χ0n) is 17.7. The maximum absolute atomic E-state index is 12.7. The number of thiophene rings is 1. The summed E-state index contributed by atoms with van der Waals surface area (Å²) >= 11 is 1.53. The van der Waals surface area contributed by atoms with Gasteiger partial charge in [-0.3, -0.25) is 14.6 Å². The number of fused-ring (bicyclic) bond motifs is 1. The van der Waals surface area contributed by atoms with Crippen LogP contribution in [0.2, 0.25) is 0 Å². The first kappa shape index (κ1) is 21.0. The summed E-state index contributed by atoms with van der Waals surface area (Å²) in [5.74, 6) is -0.415. The SMILES string of the molecule is COC(=O)c1c(NC(=O)CN2CCN(Cc3ccc(C)cc3)CC2)sc2c1CCC2. The normalized spacial score (nSPS) is 17.0. The smallest absolute Gasteiger partial charge is 0.341 e. The number of nitrogens with zero attached hydrogens (tertiary/aromatic N) is 2. The van der Waals surface area contributed by atoms with Gasteiger partial charge in [0.2, 0.25) is 5.91 Å². The number of rotatable bonds is 6. The van der Waals surface area contributed by atoms with Crippen LogP contribution in [0.25, 0.3) is 0 Å². The van der Waals surface area contributed by atoms with Gasteiger partial charge in [0.25, 0.3) is 0 Å². The Bertz CT molecular complexity index is 915. The van der Waals surface area contributed by atoms with Crippen molar-refractivity contribution < 1.29 is 14.3 Å². The minimum Gasteiger partial charge on any atom is -0.465 e. The van der Waals surface area contributed by atoms with Crippen LogP contribution in [-0.2, 0) is 28.9 Å². The van der Waals surface area contributed by atoms with E-state index in [0.29, 0.717) is 17.1 Å². The molecule has 1 N–H and O–H groups in total. The van der Waals surface area contributed by atoms with Gasteiger partial charge in [0.1, 0.15) is 5.00 Å². The molecule has 6 nitrogen and oxygen atoms in total. The third-order valence-electron chi connectivity index (χ3n) is 5.92. The molecule has 0 atom stereocenters. The lowest BCUT2D eigenvalue weighted by Crippen LogP contribution is -2.48. The van der Waals surface area contributed by atoms with Gasteiger partial charge < -0.3 is 10.1 Å². The van der Waals surface area contributed by atoms with Crippen molar-refractivity contribution in [1.82, 2.24) is 9.80 Å². The number of carbonyl (C=O) groups is 2. The zero-order valence-corrected chi connectivity index (χ0v) is 18.5. The summed E-state index contributed by atoms with van der Waals surface area (Å²) in [5.41, 5.74) is 4.23. The Balaban J connectivity index is 1.29. The molecular formula is C23H29N3O3S. The van der Waals surface area contributed by atoms with Gasteiger partial charge in [-0.2, -0.15) is 0 Å². The number of amides is 1. The summed E-state index contributed by atoms with van der Waals surface area (Å²) in [6.45, 7) is 7.02. The number of carbonyl (C=O) groups excluding carboxylic acids is 2. The molecule has 1 fully saturated rings. The predicted molar refractivity (Wildman–Crippen MR) is 119 cm³/mol. The molecule has 1 aromatic carbocycles. The van der Waals surface area contributed by atoms with Crippen molar-refractivity contribution in [3.05, 3.63) is 51.4 Å². The van der Waals surface area contributed by atoms with Gasteiger partial charge in [-0.05, 0) is 37.3 Å². The second-order valence-electron chi connectivity index (χ2n) is 8.14. The molecule has 2 aliphatic rings. The number of esters is 1. The Hall–Kier alpha value is -2.22. The number of piperazine rings is 1. The first-order chi connectivity index (χ1) is 14.5. The molecule has 2 heterocycles. The lowest BCUT2D eigenvalue weighted by molar-refractivity contribution is -0.117. The summed E-state index contributed by atoms with van der Waals surface area (Å²) in [7, 11) is 1.39. The van der Waals surface area contributed by atoms with E-state index < -0.39 is 0 Å². The summed E-state index contributed by atoms with van der Waals surface area (Å²) in [5, 5.41) is 3.63. The van der Waals surface area contributed by atoms with Crippen LogP contribution >= 0.6 is 11.3 Å². The zero-order chi connectivity index (χ0) is 21.1. The number of benzene rings is 1. The highest BCUT2D eigenvalue weighted by atomic mass is 32.1. The van der Waals surface area contributed by atoms with E-state index in [1.54, 1.807) is 0 Å². The minimum atomic E-state index is -0.352. The van der Waals surface area contributed by atoms with E-state index in [1.165, 1.54) is 34.5 Å². The van der Waals surface area contributed by atoms with Crippen molar-refractivity contribution in [3.63, 3.8) is 0 Å². The number of ether oxygens (including phenoxy) is 1. The molecule has 0 radical (unpaired) electrons. The summed E-state index contributed by atoms with van der Waals surface area (Å²) < 4.78 is 4.96. The highest BCUT2D eigenvalue weighted by molar-refractivity contribution is 7.17. The fraction of sp³-hybridized carbons (Fsp3) is 0.478. The van der Waals surface area contributed by atoms with Crippen LogP contribution in [-0.4, -0.2) is 61.5 Å². The van der Waals surface area contributed by atoms with E-state index in [-0.39, 0.29) is 11.9 Å². The first-order valence-corrected chi connectivity index (χ1v) is 11.4. The van der Waals surface area contributed by atoms with Gasteiger partial charge in [0.05, 0.1) is 19.2 Å². The average Bonchev–Trinajstić information content (AvgIpc) is 3.31. The minimum absolute atomic E-state index is 0.0629. The lowest BCUT2D eigenvalue weighted by Gasteiger charge is -2.34. The lowest BCUT2D eigenvalue weighted by atomic mass is 10.1. The van der Waals surface area contributed by atoms with Crippen molar-refractivity contribution in [2.75, 3.05) is 45.2 Å². The van der Waals surface area contributed by atoms with E-state index >= 15 is 0 Å². The van der Waals surface area contributed by atoms with Gasteiger partial charge in [0.15, 0.2) is 0 Å². The molecule has 1 aliphatic carbocycles. The van der Waals surface area contributed by atoms with E-state index in [1.807, 2.05) is 0 Å². The largest absolute Gasteiger partial charge is 0.465 e. The Morgan fingerprint density at radius 2 is 1.77 bits per heavy atom. The van der Waals surface area contributed by atoms with Crippen molar-refractivity contribution in [3.8, 4) is 0 Å². The van der Waals surface area contributed by atoms with Gasteiger partial charge in [-0.1, -0.05) is 29.8 Å². The first-order valence-electron chi connectivity index (χ1n) is 10.6. The molecule has 0 unspecified atom stereocenters. The molecule has 2 aromatic rings. The van der Waals surface area contributed by atoms with Crippen molar-refractivity contribution in [2.24, 2.45) is 0 Å². The maximum atomic E-state index is 12.7. The number of nitrogens with one attached hydrogen (secondary N) is 1. The van der Waals surface area contributed by atoms with E-state index in [2.05, 4.69) is 46.3 Å². The molecule has 0 spiro atoms. The van der Waals surface area contributed by atoms with E-state index in [9.17, 15) is 9.59 Å². The van der Waals surface area contributed by atoms with Crippen LogP contribution in [0.3, 0.4) is 0 Å². The van der Waals surface area contributed by atoms with Gasteiger partial charge >= 0.3 is 5.97 Å². The molecule has 4 rings (SSSR count). The second kappa shape index (κ2) is 9.29. The third kappa shape index (κ3) is 4.74. The molecule has 1 amide bonds. The van der Waals surface area contributed by atoms with Gasteiger partial charge in [-0.25, -0.2) is 4.79 Å². The summed E-state index contributed by atoms with van der Waals surface area (Å²) in [4.78, 5) is 30.7. The monoisotopic (exact) mass is 427 g/mol. The predicted octanol–water partition coefficient (Wildman–Crippen LogP) is 3.09. The number of hydrogen-bond acceptors (Lipinski definition) is 6. The Labute approximate surface area is 181 Å². The van der Waals surface area contributed by atoms with Crippen molar-refractivity contribution >= 4 is 28.2 Å². The van der Waals surface area contributed by atoms with Crippen LogP contribution in [0.15, 0.2) is 24.3 Å². The van der Waals surface area contributed by atoms with Crippen LogP contribution in [0.1, 0.15) is 38.3 Å². The molecule has 0 saturated carbocycles. The molecule has 7 heteroatoms. The highest BCUT2D eigenvalue weighted by Crippen LogP contribution is 2.39. The number of aryl methyl sites for hydroxylation is 2. The fourth-order valence-corrected chi connectivity index (χ4v) is 5.53. The molecule has 0 bridgehead atoms. The van der Waals surface area contributed by atoms with Crippen LogP contribution < -0.4 is 5.32 Å². The summed E-state index contributed by atoms with van der Waals surface area (Å²) in [6, 6.07) is 8.68. The second-order valence-corrected chi connectivity index (χ2v) is 9.24. The molecular weight excluding hydrogens is 398 g/mol.